The molecule has 0 spiro atoms. The minimum Gasteiger partial charge on any atom is -0.324 e. The van der Waals surface area contributed by atoms with Crippen LogP contribution in [0.3, 0.4) is 0 Å². The second kappa shape index (κ2) is 8.33. The van der Waals surface area contributed by atoms with Gasteiger partial charge in [-0.25, -0.2) is 0 Å². The summed E-state index contributed by atoms with van der Waals surface area (Å²) in [5.74, 6) is 0.172. The lowest BCUT2D eigenvalue weighted by molar-refractivity contribution is -0.120. The van der Waals surface area contributed by atoms with E-state index in [4.69, 9.17) is 0 Å². The fourth-order valence-corrected chi connectivity index (χ4v) is 3.35. The van der Waals surface area contributed by atoms with Crippen molar-refractivity contribution in [2.24, 2.45) is 0 Å². The lowest BCUT2D eigenvalue weighted by Crippen LogP contribution is -2.40. The van der Waals surface area contributed by atoms with Gasteiger partial charge in [0.15, 0.2) is 0 Å². The van der Waals surface area contributed by atoms with Crippen molar-refractivity contribution >= 4 is 11.6 Å². The van der Waals surface area contributed by atoms with Crippen LogP contribution in [0, 0.1) is 13.8 Å². The molecule has 0 radical (unpaired) electrons. The predicted molar refractivity (Wildman–Crippen MR) is 93.3 cm³/mol. The fourth-order valence-electron chi connectivity index (χ4n) is 3.35. The Bertz CT molecular complexity index is 478. The lowest BCUT2D eigenvalue weighted by atomic mass is 10.1. The maximum atomic E-state index is 12.7. The van der Waals surface area contributed by atoms with Gasteiger partial charge in [-0.1, -0.05) is 44.4 Å². The predicted octanol–water partition coefficient (Wildman–Crippen LogP) is 4.29. The molecule has 3 heteroatoms. The molecule has 1 N–H and O–H groups in total. The summed E-state index contributed by atoms with van der Waals surface area (Å²) in [6.07, 6.45) is 7.17. The first-order valence-electron chi connectivity index (χ1n) is 8.74. The Morgan fingerprint density at radius 1 is 1.23 bits per heavy atom. The van der Waals surface area contributed by atoms with Gasteiger partial charge in [0.1, 0.15) is 0 Å². The molecule has 0 aliphatic carbocycles. The van der Waals surface area contributed by atoms with Crippen molar-refractivity contribution in [3.63, 3.8) is 0 Å². The molecule has 122 valence electrons. The van der Waals surface area contributed by atoms with Gasteiger partial charge in [0.2, 0.25) is 5.91 Å². The minimum atomic E-state index is 0.0561. The van der Waals surface area contributed by atoms with Crippen LogP contribution in [0.1, 0.15) is 56.6 Å². The average Bonchev–Trinajstić information content (AvgIpc) is 2.96. The van der Waals surface area contributed by atoms with Crippen molar-refractivity contribution in [1.82, 2.24) is 4.90 Å². The number of para-hydroxylation sites is 1. The molecule has 1 heterocycles. The first-order valence-corrected chi connectivity index (χ1v) is 8.74. The smallest absolute Gasteiger partial charge is 0.241 e. The fraction of sp³-hybridized carbons (Fsp3) is 0.632. The number of hydrogen-bond donors (Lipinski definition) is 1. The van der Waals surface area contributed by atoms with Crippen molar-refractivity contribution in [1.29, 1.82) is 0 Å². The molecule has 1 amide bonds. The van der Waals surface area contributed by atoms with Crippen molar-refractivity contribution < 1.29 is 4.79 Å². The molecule has 1 aliphatic heterocycles. The molecule has 1 atom stereocenters. The maximum Gasteiger partial charge on any atom is 0.241 e. The van der Waals surface area contributed by atoms with Gasteiger partial charge in [-0.3, -0.25) is 9.69 Å². The SMILES string of the molecule is CCCCCCN1CCCC1C(=O)Nc1c(C)cccc1C. The Balaban J connectivity index is 1.93. The van der Waals surface area contributed by atoms with Crippen LogP contribution in [0.2, 0.25) is 0 Å². The van der Waals surface area contributed by atoms with E-state index >= 15 is 0 Å². The van der Waals surface area contributed by atoms with Crippen molar-refractivity contribution in [3.8, 4) is 0 Å². The van der Waals surface area contributed by atoms with Crippen LogP contribution in [0.15, 0.2) is 18.2 Å². The summed E-state index contributed by atoms with van der Waals surface area (Å²) in [7, 11) is 0. The Morgan fingerprint density at radius 2 is 1.95 bits per heavy atom. The highest BCUT2D eigenvalue weighted by molar-refractivity contribution is 5.96. The molecule has 1 saturated heterocycles. The molecule has 0 bridgehead atoms. The normalized spacial score (nSPS) is 18.6. The Morgan fingerprint density at radius 3 is 2.64 bits per heavy atom. The Kier molecular flexibility index (Phi) is 6.44. The summed E-state index contributed by atoms with van der Waals surface area (Å²) in [6.45, 7) is 8.47. The molecule has 0 saturated carbocycles. The first kappa shape index (κ1) is 17.0. The number of nitrogens with one attached hydrogen (secondary N) is 1. The Hall–Kier alpha value is -1.35. The first-order chi connectivity index (χ1) is 10.6. The summed E-state index contributed by atoms with van der Waals surface area (Å²) in [6, 6.07) is 6.20. The number of likely N-dealkylation sites (tertiary alicyclic amines) is 1. The molecule has 22 heavy (non-hydrogen) atoms. The van der Waals surface area contributed by atoms with E-state index < -0.39 is 0 Å². The molecule has 0 aromatic heterocycles. The molecule has 1 aromatic carbocycles. The number of amides is 1. The van der Waals surface area contributed by atoms with Crippen molar-refractivity contribution in [2.75, 3.05) is 18.4 Å². The number of rotatable bonds is 7. The molecule has 1 aliphatic rings. The summed E-state index contributed by atoms with van der Waals surface area (Å²) in [4.78, 5) is 15.0. The van der Waals surface area contributed by atoms with E-state index in [0.717, 1.165) is 42.7 Å². The number of carbonyl (C=O) groups is 1. The highest BCUT2D eigenvalue weighted by Gasteiger charge is 2.30. The zero-order valence-corrected chi connectivity index (χ0v) is 14.3. The second-order valence-electron chi connectivity index (χ2n) is 6.51. The Labute approximate surface area is 135 Å². The molecule has 1 aromatic rings. The molecular formula is C19H30N2O. The average molecular weight is 302 g/mol. The number of benzene rings is 1. The van der Waals surface area contributed by atoms with Gasteiger partial charge in [-0.05, 0) is 57.3 Å². The summed E-state index contributed by atoms with van der Waals surface area (Å²) < 4.78 is 0. The summed E-state index contributed by atoms with van der Waals surface area (Å²) >= 11 is 0. The number of aryl methyl sites for hydroxylation is 2. The highest BCUT2D eigenvalue weighted by atomic mass is 16.2. The third-order valence-electron chi connectivity index (χ3n) is 4.69. The molecular weight excluding hydrogens is 272 g/mol. The third-order valence-corrected chi connectivity index (χ3v) is 4.69. The van der Waals surface area contributed by atoms with E-state index in [1.165, 1.54) is 25.7 Å². The molecule has 1 fully saturated rings. The highest BCUT2D eigenvalue weighted by Crippen LogP contribution is 2.23. The van der Waals surface area contributed by atoms with Gasteiger partial charge >= 0.3 is 0 Å². The zero-order valence-electron chi connectivity index (χ0n) is 14.3. The van der Waals surface area contributed by atoms with Gasteiger partial charge in [-0.2, -0.15) is 0 Å². The quantitative estimate of drug-likeness (QED) is 0.762. The van der Waals surface area contributed by atoms with Crippen LogP contribution in [-0.2, 0) is 4.79 Å². The van der Waals surface area contributed by atoms with Crippen LogP contribution in [0.4, 0.5) is 5.69 Å². The van der Waals surface area contributed by atoms with Crippen molar-refractivity contribution in [2.45, 2.75) is 65.3 Å². The topological polar surface area (TPSA) is 32.3 Å². The zero-order chi connectivity index (χ0) is 15.9. The van der Waals surface area contributed by atoms with Gasteiger partial charge in [0, 0.05) is 5.69 Å². The van der Waals surface area contributed by atoms with Gasteiger partial charge in [-0.15, -0.1) is 0 Å². The van der Waals surface area contributed by atoms with Crippen LogP contribution in [-0.4, -0.2) is 29.9 Å². The number of nitrogens with zero attached hydrogens (tertiary/aromatic N) is 1. The van der Waals surface area contributed by atoms with Gasteiger partial charge in [0.25, 0.3) is 0 Å². The van der Waals surface area contributed by atoms with Crippen molar-refractivity contribution in [3.05, 3.63) is 29.3 Å². The molecule has 2 rings (SSSR count). The number of unbranched alkanes of at least 4 members (excludes halogenated alkanes) is 3. The summed E-state index contributed by atoms with van der Waals surface area (Å²) in [5, 5.41) is 3.17. The third kappa shape index (κ3) is 4.33. The van der Waals surface area contributed by atoms with Crippen LogP contribution < -0.4 is 5.32 Å². The van der Waals surface area contributed by atoms with Crippen LogP contribution in [0.5, 0.6) is 0 Å². The van der Waals surface area contributed by atoms with E-state index in [1.54, 1.807) is 0 Å². The van der Waals surface area contributed by atoms with Crippen LogP contribution in [0.25, 0.3) is 0 Å². The van der Waals surface area contributed by atoms with E-state index in [2.05, 4.69) is 43.1 Å². The van der Waals surface area contributed by atoms with Gasteiger partial charge < -0.3 is 5.32 Å². The van der Waals surface area contributed by atoms with Gasteiger partial charge in [0.05, 0.1) is 6.04 Å². The van der Waals surface area contributed by atoms with E-state index in [0.29, 0.717) is 0 Å². The lowest BCUT2D eigenvalue weighted by Gasteiger charge is -2.24. The molecule has 1 unspecified atom stereocenters. The van der Waals surface area contributed by atoms with E-state index in [-0.39, 0.29) is 11.9 Å². The standard InChI is InChI=1S/C19H30N2O/c1-4-5-6-7-13-21-14-9-12-17(21)19(22)20-18-15(2)10-8-11-16(18)3/h8,10-11,17H,4-7,9,12-14H2,1-3H3,(H,20,22). The summed E-state index contributed by atoms with van der Waals surface area (Å²) in [5.41, 5.74) is 3.27. The largest absolute Gasteiger partial charge is 0.324 e. The second-order valence-corrected chi connectivity index (χ2v) is 6.51. The monoisotopic (exact) mass is 302 g/mol. The van der Waals surface area contributed by atoms with E-state index in [9.17, 15) is 4.79 Å². The molecule has 3 nitrogen and oxygen atoms in total. The number of anilines is 1. The number of carbonyl (C=O) groups excluding carboxylic acids is 1. The van der Waals surface area contributed by atoms with E-state index in [1.807, 2.05) is 6.07 Å². The number of hydrogen-bond acceptors (Lipinski definition) is 2. The van der Waals surface area contributed by atoms with Crippen LogP contribution >= 0.6 is 0 Å². The maximum absolute atomic E-state index is 12.7. The minimum absolute atomic E-state index is 0.0561.